The fraction of sp³-hybridized carbons (Fsp3) is 0.529. The van der Waals surface area contributed by atoms with Gasteiger partial charge in [0.15, 0.2) is 0 Å². The van der Waals surface area contributed by atoms with Crippen LogP contribution >= 0.6 is 0 Å². The summed E-state index contributed by atoms with van der Waals surface area (Å²) in [6, 6.07) is 8.45. The molecule has 4 nitrogen and oxygen atoms in total. The van der Waals surface area contributed by atoms with Gasteiger partial charge in [-0.25, -0.2) is 0 Å². The normalized spacial score (nSPS) is 15.5. The average Bonchev–Trinajstić information content (AvgIpc) is 3.29. The molecule has 1 aliphatic rings. The van der Waals surface area contributed by atoms with Crippen LogP contribution in [0, 0.1) is 0 Å². The number of carboxylic acids is 1. The Morgan fingerprint density at radius 2 is 1.90 bits per heavy atom. The van der Waals surface area contributed by atoms with Crippen molar-refractivity contribution in [1.82, 2.24) is 4.90 Å². The minimum Gasteiger partial charge on any atom is -0.480 e. The molecule has 2 rings (SSSR count). The van der Waals surface area contributed by atoms with Crippen molar-refractivity contribution in [1.29, 1.82) is 0 Å². The van der Waals surface area contributed by atoms with Crippen LogP contribution in [0.15, 0.2) is 24.3 Å². The van der Waals surface area contributed by atoms with Crippen LogP contribution in [0.5, 0.6) is 0 Å². The Labute approximate surface area is 125 Å². The van der Waals surface area contributed by atoms with Gasteiger partial charge in [0, 0.05) is 12.5 Å². The van der Waals surface area contributed by atoms with Gasteiger partial charge in [-0.2, -0.15) is 0 Å². The van der Waals surface area contributed by atoms with E-state index in [0.29, 0.717) is 6.42 Å². The molecule has 1 saturated carbocycles. The zero-order valence-electron chi connectivity index (χ0n) is 12.7. The van der Waals surface area contributed by atoms with E-state index < -0.39 is 5.97 Å². The van der Waals surface area contributed by atoms with Crippen molar-refractivity contribution in [2.45, 2.75) is 51.5 Å². The minimum atomic E-state index is -0.935. The summed E-state index contributed by atoms with van der Waals surface area (Å²) in [7, 11) is 0. The topological polar surface area (TPSA) is 57.6 Å². The van der Waals surface area contributed by atoms with Gasteiger partial charge < -0.3 is 10.0 Å². The van der Waals surface area contributed by atoms with Gasteiger partial charge in [-0.05, 0) is 36.3 Å². The van der Waals surface area contributed by atoms with Gasteiger partial charge in [0.2, 0.25) is 5.91 Å². The predicted octanol–water partition coefficient (Wildman–Crippen LogP) is 2.82. The van der Waals surface area contributed by atoms with Crippen LogP contribution in [0.2, 0.25) is 0 Å². The molecule has 1 aromatic rings. The third-order valence-electron chi connectivity index (χ3n) is 4.05. The van der Waals surface area contributed by atoms with E-state index in [-0.39, 0.29) is 24.4 Å². The first-order valence-corrected chi connectivity index (χ1v) is 7.61. The van der Waals surface area contributed by atoms with Gasteiger partial charge in [0.05, 0.1) is 0 Å². The van der Waals surface area contributed by atoms with Gasteiger partial charge in [0.25, 0.3) is 0 Å². The molecule has 1 amide bonds. The van der Waals surface area contributed by atoms with Crippen molar-refractivity contribution >= 4 is 11.9 Å². The second-order valence-electron chi connectivity index (χ2n) is 5.85. The fourth-order valence-electron chi connectivity index (χ4n) is 2.53. The summed E-state index contributed by atoms with van der Waals surface area (Å²) >= 11 is 0. The van der Waals surface area contributed by atoms with E-state index in [1.165, 1.54) is 10.5 Å². The lowest BCUT2D eigenvalue weighted by molar-refractivity contribution is -0.145. The first kappa shape index (κ1) is 15.5. The number of amides is 1. The molecule has 1 aliphatic carbocycles. The Bertz CT molecular complexity index is 505. The van der Waals surface area contributed by atoms with Crippen molar-refractivity contribution in [3.05, 3.63) is 35.4 Å². The number of hydrogen-bond acceptors (Lipinski definition) is 2. The molecule has 0 saturated heterocycles. The number of nitrogens with zero attached hydrogens (tertiary/aromatic N) is 1. The molecule has 0 spiro atoms. The number of rotatable bonds is 7. The minimum absolute atomic E-state index is 0.0491. The maximum atomic E-state index is 12.3. The Kier molecular flexibility index (Phi) is 4.99. The molecular weight excluding hydrogens is 266 g/mol. The highest BCUT2D eigenvalue weighted by molar-refractivity contribution is 5.82. The van der Waals surface area contributed by atoms with Gasteiger partial charge in [0.1, 0.15) is 6.54 Å². The number of carboxylic acid groups (broad SMARTS) is 1. The second-order valence-corrected chi connectivity index (χ2v) is 5.85. The summed E-state index contributed by atoms with van der Waals surface area (Å²) < 4.78 is 0. The summed E-state index contributed by atoms with van der Waals surface area (Å²) in [6.07, 6.45) is 3.23. The zero-order valence-corrected chi connectivity index (χ0v) is 12.7. The quantitative estimate of drug-likeness (QED) is 0.839. The van der Waals surface area contributed by atoms with Crippen LogP contribution in [0.25, 0.3) is 0 Å². The largest absolute Gasteiger partial charge is 0.480 e. The number of carbonyl (C=O) groups is 2. The number of aryl methyl sites for hydroxylation is 1. The number of aliphatic carboxylic acids is 1. The standard InChI is InChI=1S/C17H23NO3/c1-3-13-4-6-14(7-5-13)12(2)10-16(19)18(11-17(20)21)15-8-9-15/h4-7,12,15H,3,8-11H2,1-2H3,(H,20,21). The van der Waals surface area contributed by atoms with Crippen LogP contribution in [-0.4, -0.2) is 34.5 Å². The van der Waals surface area contributed by atoms with E-state index in [1.807, 2.05) is 6.92 Å². The first-order chi connectivity index (χ1) is 10.0. The van der Waals surface area contributed by atoms with Gasteiger partial charge in [-0.1, -0.05) is 38.1 Å². The summed E-state index contributed by atoms with van der Waals surface area (Å²) in [4.78, 5) is 24.7. The monoisotopic (exact) mass is 289 g/mol. The van der Waals surface area contributed by atoms with Gasteiger partial charge in [-0.3, -0.25) is 9.59 Å². The Balaban J connectivity index is 1.97. The lowest BCUT2D eigenvalue weighted by Crippen LogP contribution is -2.37. The van der Waals surface area contributed by atoms with Crippen LogP contribution in [0.1, 0.15) is 50.2 Å². The summed E-state index contributed by atoms with van der Waals surface area (Å²) in [6.45, 7) is 3.96. The second kappa shape index (κ2) is 6.74. The highest BCUT2D eigenvalue weighted by atomic mass is 16.4. The van der Waals surface area contributed by atoms with E-state index in [9.17, 15) is 9.59 Å². The molecule has 1 fully saturated rings. The van der Waals surface area contributed by atoms with E-state index >= 15 is 0 Å². The fourth-order valence-corrected chi connectivity index (χ4v) is 2.53. The molecule has 21 heavy (non-hydrogen) atoms. The van der Waals surface area contributed by atoms with Gasteiger partial charge >= 0.3 is 5.97 Å². The molecule has 1 aromatic carbocycles. The Morgan fingerprint density at radius 1 is 1.29 bits per heavy atom. The molecule has 0 radical (unpaired) electrons. The average molecular weight is 289 g/mol. The molecule has 0 aromatic heterocycles. The Morgan fingerprint density at radius 3 is 2.38 bits per heavy atom. The van der Waals surface area contributed by atoms with Crippen LogP contribution in [0.4, 0.5) is 0 Å². The summed E-state index contributed by atoms with van der Waals surface area (Å²) in [5.41, 5.74) is 2.41. The lowest BCUT2D eigenvalue weighted by atomic mass is 9.95. The van der Waals surface area contributed by atoms with Crippen LogP contribution in [0.3, 0.4) is 0 Å². The van der Waals surface area contributed by atoms with E-state index in [2.05, 4.69) is 31.2 Å². The molecule has 4 heteroatoms. The smallest absolute Gasteiger partial charge is 0.323 e. The molecule has 114 valence electrons. The highest BCUT2D eigenvalue weighted by Gasteiger charge is 2.34. The van der Waals surface area contributed by atoms with Gasteiger partial charge in [-0.15, -0.1) is 0 Å². The van der Waals surface area contributed by atoms with Crippen molar-refractivity contribution in [2.24, 2.45) is 0 Å². The van der Waals surface area contributed by atoms with Crippen molar-refractivity contribution < 1.29 is 14.7 Å². The molecule has 1 unspecified atom stereocenters. The molecular formula is C17H23NO3. The highest BCUT2D eigenvalue weighted by Crippen LogP contribution is 2.29. The maximum absolute atomic E-state index is 12.3. The molecule has 1 N–H and O–H groups in total. The van der Waals surface area contributed by atoms with Crippen LogP contribution < -0.4 is 0 Å². The van der Waals surface area contributed by atoms with Crippen molar-refractivity contribution in [2.75, 3.05) is 6.54 Å². The number of hydrogen-bond donors (Lipinski definition) is 1. The zero-order chi connectivity index (χ0) is 15.4. The third-order valence-corrected chi connectivity index (χ3v) is 4.05. The first-order valence-electron chi connectivity index (χ1n) is 7.61. The van der Waals surface area contributed by atoms with E-state index in [1.54, 1.807) is 0 Å². The maximum Gasteiger partial charge on any atom is 0.323 e. The number of benzene rings is 1. The third kappa shape index (κ3) is 4.31. The van der Waals surface area contributed by atoms with Crippen LogP contribution in [-0.2, 0) is 16.0 Å². The molecule has 1 atom stereocenters. The predicted molar refractivity (Wildman–Crippen MR) is 81.2 cm³/mol. The lowest BCUT2D eigenvalue weighted by Gasteiger charge is -2.22. The van der Waals surface area contributed by atoms with E-state index in [0.717, 1.165) is 24.8 Å². The molecule has 0 bridgehead atoms. The van der Waals surface area contributed by atoms with Crippen molar-refractivity contribution in [3.63, 3.8) is 0 Å². The van der Waals surface area contributed by atoms with E-state index in [4.69, 9.17) is 5.11 Å². The summed E-state index contributed by atoms with van der Waals surface area (Å²) in [5, 5.41) is 8.92. The summed E-state index contributed by atoms with van der Waals surface area (Å²) in [5.74, 6) is -0.874. The SMILES string of the molecule is CCc1ccc(C(C)CC(=O)N(CC(=O)O)C2CC2)cc1. The molecule has 0 aliphatic heterocycles. The molecule has 0 heterocycles. The van der Waals surface area contributed by atoms with Crippen molar-refractivity contribution in [3.8, 4) is 0 Å². The number of carbonyl (C=O) groups excluding carboxylic acids is 1. The Hall–Kier alpha value is -1.84.